The van der Waals surface area contributed by atoms with E-state index in [9.17, 15) is 5.11 Å². The number of fused-ring (bicyclic) bond motifs is 5. The van der Waals surface area contributed by atoms with Crippen molar-refractivity contribution in [3.8, 4) is 12.3 Å². The van der Waals surface area contributed by atoms with Crippen LogP contribution in [0.5, 0.6) is 0 Å². The topological polar surface area (TPSA) is 57.2 Å². The van der Waals surface area contributed by atoms with Crippen LogP contribution in [0.25, 0.3) is 0 Å². The summed E-state index contributed by atoms with van der Waals surface area (Å²) >= 11 is 0. The molecule has 1 heterocycles. The van der Waals surface area contributed by atoms with Gasteiger partial charge < -0.3 is 5.11 Å². The van der Waals surface area contributed by atoms with E-state index in [-0.39, 0.29) is 10.8 Å². The van der Waals surface area contributed by atoms with E-state index < -0.39 is 11.4 Å². The SMILES string of the molecule is C#C[C@@]1(O)CC[C@H]2[C@@H]3CC=C4CC5(CC[C@]4(C)[C@H]3CC[C@@]21C)OOCCOO5. The molecule has 5 heteroatoms. The monoisotopic (exact) mass is 388 g/mol. The minimum atomic E-state index is -0.944. The van der Waals surface area contributed by atoms with Crippen molar-refractivity contribution in [2.45, 2.75) is 76.6 Å². The van der Waals surface area contributed by atoms with E-state index in [0.717, 1.165) is 44.9 Å². The second-order valence-corrected chi connectivity index (χ2v) is 10.2. The minimum Gasteiger partial charge on any atom is -0.377 e. The van der Waals surface area contributed by atoms with E-state index in [4.69, 9.17) is 26.0 Å². The fraction of sp³-hybridized carbons (Fsp3) is 0.826. The van der Waals surface area contributed by atoms with Crippen LogP contribution in [0, 0.1) is 40.9 Å². The van der Waals surface area contributed by atoms with Gasteiger partial charge in [-0.1, -0.05) is 31.4 Å². The van der Waals surface area contributed by atoms with E-state index in [2.05, 4.69) is 25.8 Å². The van der Waals surface area contributed by atoms with E-state index in [1.807, 2.05) is 0 Å². The number of hydrogen-bond acceptors (Lipinski definition) is 5. The molecule has 5 aliphatic rings. The van der Waals surface area contributed by atoms with Gasteiger partial charge >= 0.3 is 0 Å². The number of hydrogen-bond donors (Lipinski definition) is 1. The first-order valence-electron chi connectivity index (χ1n) is 10.9. The Labute approximate surface area is 167 Å². The van der Waals surface area contributed by atoms with Crippen LogP contribution in [0.4, 0.5) is 0 Å². The Bertz CT molecular complexity index is 717. The van der Waals surface area contributed by atoms with E-state index in [1.54, 1.807) is 0 Å². The maximum atomic E-state index is 11.1. The summed E-state index contributed by atoms with van der Waals surface area (Å²) in [5.74, 6) is 3.66. The van der Waals surface area contributed by atoms with Crippen LogP contribution in [-0.4, -0.2) is 29.7 Å². The van der Waals surface area contributed by atoms with E-state index in [0.29, 0.717) is 37.4 Å². The highest BCUT2D eigenvalue weighted by molar-refractivity contribution is 5.29. The zero-order valence-electron chi connectivity index (χ0n) is 17.0. The van der Waals surface area contributed by atoms with Crippen LogP contribution in [0.15, 0.2) is 11.6 Å². The smallest absolute Gasteiger partial charge is 0.237 e. The molecule has 0 aromatic carbocycles. The van der Waals surface area contributed by atoms with Crippen molar-refractivity contribution in [2.75, 3.05) is 13.2 Å². The number of allylic oxidation sites excluding steroid dienone is 1. The molecular formula is C23H32O5. The third-order valence-electron chi connectivity index (χ3n) is 9.17. The minimum absolute atomic E-state index is 0.144. The second kappa shape index (κ2) is 6.30. The molecule has 28 heavy (non-hydrogen) atoms. The third-order valence-corrected chi connectivity index (χ3v) is 9.17. The fourth-order valence-corrected chi connectivity index (χ4v) is 7.38. The molecule has 4 aliphatic carbocycles. The van der Waals surface area contributed by atoms with Crippen LogP contribution >= 0.6 is 0 Å². The molecule has 5 rings (SSSR count). The average molecular weight is 389 g/mol. The van der Waals surface area contributed by atoms with Crippen molar-refractivity contribution in [1.29, 1.82) is 0 Å². The lowest BCUT2D eigenvalue weighted by Crippen LogP contribution is -2.55. The molecule has 0 unspecified atom stereocenters. The highest BCUT2D eigenvalue weighted by atomic mass is 17.3. The zero-order chi connectivity index (χ0) is 19.6. The van der Waals surface area contributed by atoms with Crippen LogP contribution in [0.3, 0.4) is 0 Å². The number of terminal acetylenes is 1. The van der Waals surface area contributed by atoms with Crippen LogP contribution < -0.4 is 0 Å². The van der Waals surface area contributed by atoms with Gasteiger partial charge in [0.1, 0.15) is 18.8 Å². The summed E-state index contributed by atoms with van der Waals surface area (Å²) in [7, 11) is 0. The second-order valence-electron chi connectivity index (χ2n) is 10.2. The molecule has 0 aromatic heterocycles. The van der Waals surface area contributed by atoms with Gasteiger partial charge in [-0.25, -0.2) is 9.78 Å². The summed E-state index contributed by atoms with van der Waals surface area (Å²) in [6.07, 6.45) is 15.6. The quantitative estimate of drug-likeness (QED) is 0.387. The van der Waals surface area contributed by atoms with Crippen LogP contribution in [0.1, 0.15) is 65.2 Å². The molecule has 5 nitrogen and oxygen atoms in total. The first kappa shape index (κ1) is 19.1. The van der Waals surface area contributed by atoms with Crippen LogP contribution in [-0.2, 0) is 19.6 Å². The summed E-state index contributed by atoms with van der Waals surface area (Å²) in [6.45, 7) is 5.44. The molecule has 3 saturated carbocycles. The summed E-state index contributed by atoms with van der Waals surface area (Å²) in [5.41, 5.74) is 0.463. The zero-order valence-corrected chi connectivity index (χ0v) is 17.0. The van der Waals surface area contributed by atoms with E-state index >= 15 is 0 Å². The first-order valence-corrected chi connectivity index (χ1v) is 10.9. The maximum Gasteiger partial charge on any atom is 0.237 e. The molecular weight excluding hydrogens is 356 g/mol. The molecule has 0 bridgehead atoms. The molecule has 0 amide bonds. The van der Waals surface area contributed by atoms with Gasteiger partial charge in [0, 0.05) is 18.3 Å². The Kier molecular flexibility index (Phi) is 4.29. The van der Waals surface area contributed by atoms with Gasteiger partial charge in [-0.2, -0.15) is 9.78 Å². The predicted octanol–water partition coefficient (Wildman–Crippen LogP) is 3.92. The van der Waals surface area contributed by atoms with Gasteiger partial charge in [0.25, 0.3) is 0 Å². The normalized spacial score (nSPS) is 49.9. The van der Waals surface area contributed by atoms with E-state index in [1.165, 1.54) is 5.57 Å². The lowest BCUT2D eigenvalue weighted by Gasteiger charge is -2.59. The average Bonchev–Trinajstić information content (AvgIpc) is 2.83. The van der Waals surface area contributed by atoms with Crippen molar-refractivity contribution >= 4 is 0 Å². The van der Waals surface area contributed by atoms with Gasteiger partial charge in [-0.15, -0.1) is 6.42 Å². The Morgan fingerprint density at radius 2 is 1.75 bits per heavy atom. The number of aliphatic hydroxyl groups is 1. The van der Waals surface area contributed by atoms with Gasteiger partial charge in [0.05, 0.1) is 0 Å². The maximum absolute atomic E-state index is 11.1. The van der Waals surface area contributed by atoms with Crippen molar-refractivity contribution in [1.82, 2.24) is 0 Å². The Balaban J connectivity index is 1.44. The summed E-state index contributed by atoms with van der Waals surface area (Å²) in [4.78, 5) is 21.9. The summed E-state index contributed by atoms with van der Waals surface area (Å²) < 4.78 is 0. The molecule has 1 spiro atoms. The largest absolute Gasteiger partial charge is 0.377 e. The van der Waals surface area contributed by atoms with Gasteiger partial charge in [-0.3, -0.25) is 0 Å². The molecule has 4 fully saturated rings. The van der Waals surface area contributed by atoms with Crippen molar-refractivity contribution in [3.63, 3.8) is 0 Å². The molecule has 1 aliphatic heterocycles. The Morgan fingerprint density at radius 1 is 1.04 bits per heavy atom. The van der Waals surface area contributed by atoms with Gasteiger partial charge in [0.15, 0.2) is 0 Å². The fourth-order valence-electron chi connectivity index (χ4n) is 7.38. The Hall–Kier alpha value is -0.900. The number of rotatable bonds is 0. The highest BCUT2D eigenvalue weighted by Crippen LogP contribution is 2.67. The van der Waals surface area contributed by atoms with Crippen molar-refractivity contribution in [3.05, 3.63) is 11.6 Å². The lowest BCUT2D eigenvalue weighted by atomic mass is 9.47. The molecule has 1 saturated heterocycles. The lowest BCUT2D eigenvalue weighted by molar-refractivity contribution is -0.484. The predicted molar refractivity (Wildman–Crippen MR) is 102 cm³/mol. The van der Waals surface area contributed by atoms with Crippen molar-refractivity contribution in [2.24, 2.45) is 28.6 Å². The molecule has 6 atom stereocenters. The standard InChI is InChI=1S/C23H32O5/c1-4-22(24)10-8-19-17-6-5-16-15-23(27-25-13-14-26-28-23)12-11-20(16,2)18(17)7-9-21(19,22)3/h1,5,17-19,24H,6-15H2,2-3H3/t17-,18+,19+,20+,21+,22-/m1/s1. The van der Waals surface area contributed by atoms with Gasteiger partial charge in [-0.05, 0) is 61.7 Å². The van der Waals surface area contributed by atoms with Gasteiger partial charge in [0.2, 0.25) is 5.79 Å². The molecule has 0 aromatic rings. The highest BCUT2D eigenvalue weighted by Gasteiger charge is 2.64. The third kappa shape index (κ3) is 2.45. The molecule has 1 N–H and O–H groups in total. The first-order chi connectivity index (χ1) is 13.4. The van der Waals surface area contributed by atoms with Crippen LogP contribution in [0.2, 0.25) is 0 Å². The summed E-state index contributed by atoms with van der Waals surface area (Å²) in [5, 5.41) is 11.1. The Morgan fingerprint density at radius 3 is 2.46 bits per heavy atom. The van der Waals surface area contributed by atoms with Crippen molar-refractivity contribution < 1.29 is 24.7 Å². The molecule has 0 radical (unpaired) electrons. The summed E-state index contributed by atoms with van der Waals surface area (Å²) in [6, 6.07) is 0. The molecule has 154 valence electrons.